The van der Waals surface area contributed by atoms with E-state index in [1.165, 1.54) is 12.4 Å². The van der Waals surface area contributed by atoms with E-state index in [9.17, 15) is 4.79 Å². The van der Waals surface area contributed by atoms with Gasteiger partial charge in [-0.1, -0.05) is 0 Å². The Labute approximate surface area is 99.4 Å². The Balaban J connectivity index is 1.91. The van der Waals surface area contributed by atoms with Gasteiger partial charge in [-0.2, -0.15) is 0 Å². The van der Waals surface area contributed by atoms with Crippen LogP contribution in [0.5, 0.6) is 6.01 Å². The Hall–Kier alpha value is -1.69. The summed E-state index contributed by atoms with van der Waals surface area (Å²) in [5.74, 6) is -0.143. The molecule has 0 aromatic carbocycles. The first-order valence-electron chi connectivity index (χ1n) is 5.67. The number of ether oxygens (including phenoxy) is 2. The fourth-order valence-electron chi connectivity index (χ4n) is 1.59. The van der Waals surface area contributed by atoms with Crippen LogP contribution in [0.25, 0.3) is 0 Å². The van der Waals surface area contributed by atoms with E-state index < -0.39 is 0 Å². The zero-order valence-corrected chi connectivity index (χ0v) is 9.68. The van der Waals surface area contributed by atoms with Gasteiger partial charge in [0.05, 0.1) is 24.7 Å². The summed E-state index contributed by atoms with van der Waals surface area (Å²) in [5, 5.41) is 2.71. The van der Waals surface area contributed by atoms with Crippen LogP contribution in [0.3, 0.4) is 0 Å². The summed E-state index contributed by atoms with van der Waals surface area (Å²) >= 11 is 0. The van der Waals surface area contributed by atoms with Crippen molar-refractivity contribution < 1.29 is 14.3 Å². The molecule has 17 heavy (non-hydrogen) atoms. The molecule has 2 heterocycles. The third-order valence-corrected chi connectivity index (χ3v) is 2.39. The van der Waals surface area contributed by atoms with Crippen LogP contribution in [0.2, 0.25) is 0 Å². The van der Waals surface area contributed by atoms with E-state index in [0.717, 1.165) is 12.8 Å². The Kier molecular flexibility index (Phi) is 3.87. The van der Waals surface area contributed by atoms with Gasteiger partial charge in [-0.25, -0.2) is 9.97 Å². The molecular formula is C11H15N3O3. The SMILES string of the molecule is CCOc1ncc(NC(=O)C2CCCO2)cn1. The second-order valence-corrected chi connectivity index (χ2v) is 3.68. The number of aromatic nitrogens is 2. The van der Waals surface area contributed by atoms with Crippen LogP contribution >= 0.6 is 0 Å². The molecule has 1 atom stereocenters. The first kappa shape index (κ1) is 11.8. The molecule has 2 rings (SSSR count). The highest BCUT2D eigenvalue weighted by Gasteiger charge is 2.23. The molecule has 1 N–H and O–H groups in total. The smallest absolute Gasteiger partial charge is 0.316 e. The van der Waals surface area contributed by atoms with Gasteiger partial charge in [0.25, 0.3) is 5.91 Å². The van der Waals surface area contributed by atoms with Crippen molar-refractivity contribution in [3.05, 3.63) is 12.4 Å². The summed E-state index contributed by atoms with van der Waals surface area (Å²) in [7, 11) is 0. The predicted octanol–water partition coefficient (Wildman–Crippen LogP) is 0.993. The van der Waals surface area contributed by atoms with Gasteiger partial charge in [-0.05, 0) is 19.8 Å². The van der Waals surface area contributed by atoms with Crippen LogP contribution in [-0.2, 0) is 9.53 Å². The average Bonchev–Trinajstić information content (AvgIpc) is 2.86. The molecule has 1 aliphatic heterocycles. The molecule has 92 valence electrons. The maximum Gasteiger partial charge on any atom is 0.316 e. The molecule has 1 aromatic rings. The fourth-order valence-corrected chi connectivity index (χ4v) is 1.59. The van der Waals surface area contributed by atoms with Crippen LogP contribution in [0.15, 0.2) is 12.4 Å². The fraction of sp³-hybridized carbons (Fsp3) is 0.545. The number of rotatable bonds is 4. The number of anilines is 1. The van der Waals surface area contributed by atoms with Crippen molar-refractivity contribution in [2.24, 2.45) is 0 Å². The van der Waals surface area contributed by atoms with Gasteiger partial charge in [0, 0.05) is 6.61 Å². The van der Waals surface area contributed by atoms with Crippen LogP contribution in [0, 0.1) is 0 Å². The Morgan fingerprint density at radius 3 is 2.94 bits per heavy atom. The van der Waals surface area contributed by atoms with E-state index in [1.54, 1.807) is 0 Å². The molecule has 1 amide bonds. The zero-order valence-electron chi connectivity index (χ0n) is 9.68. The summed E-state index contributed by atoms with van der Waals surface area (Å²) in [6, 6.07) is 0.308. The minimum Gasteiger partial charge on any atom is -0.464 e. The minimum absolute atomic E-state index is 0.143. The second kappa shape index (κ2) is 5.58. The highest BCUT2D eigenvalue weighted by molar-refractivity contribution is 5.94. The minimum atomic E-state index is -0.346. The van der Waals surface area contributed by atoms with Crippen LogP contribution in [0.4, 0.5) is 5.69 Å². The molecular weight excluding hydrogens is 222 g/mol. The van der Waals surface area contributed by atoms with E-state index in [-0.39, 0.29) is 12.0 Å². The summed E-state index contributed by atoms with van der Waals surface area (Å²) in [5.41, 5.74) is 0.550. The molecule has 0 spiro atoms. The number of nitrogens with zero attached hydrogens (tertiary/aromatic N) is 2. The van der Waals surface area contributed by atoms with Crippen molar-refractivity contribution in [2.75, 3.05) is 18.5 Å². The molecule has 1 saturated heterocycles. The summed E-state index contributed by atoms with van der Waals surface area (Å²) < 4.78 is 10.4. The largest absolute Gasteiger partial charge is 0.464 e. The van der Waals surface area contributed by atoms with Crippen molar-refractivity contribution in [3.63, 3.8) is 0 Å². The van der Waals surface area contributed by atoms with Gasteiger partial charge in [0.2, 0.25) is 0 Å². The zero-order chi connectivity index (χ0) is 12.1. The van der Waals surface area contributed by atoms with Crippen LogP contribution in [0.1, 0.15) is 19.8 Å². The van der Waals surface area contributed by atoms with E-state index in [1.807, 2.05) is 6.92 Å². The Bertz CT molecular complexity index is 374. The molecule has 0 aliphatic carbocycles. The molecule has 0 radical (unpaired) electrons. The Morgan fingerprint density at radius 2 is 2.35 bits per heavy atom. The van der Waals surface area contributed by atoms with Gasteiger partial charge in [0.1, 0.15) is 6.10 Å². The topological polar surface area (TPSA) is 73.3 Å². The third kappa shape index (κ3) is 3.13. The summed E-state index contributed by atoms with van der Waals surface area (Å²) in [4.78, 5) is 19.6. The normalized spacial score (nSPS) is 19.0. The second-order valence-electron chi connectivity index (χ2n) is 3.68. The number of carbonyl (C=O) groups excluding carboxylic acids is 1. The molecule has 1 aromatic heterocycles. The lowest BCUT2D eigenvalue weighted by molar-refractivity contribution is -0.124. The molecule has 0 bridgehead atoms. The molecule has 1 unspecified atom stereocenters. The van der Waals surface area contributed by atoms with Crippen LogP contribution in [-0.4, -0.2) is 35.2 Å². The van der Waals surface area contributed by atoms with Gasteiger partial charge in [-0.15, -0.1) is 0 Å². The van der Waals surface area contributed by atoms with Crippen molar-refractivity contribution in [1.29, 1.82) is 0 Å². The van der Waals surface area contributed by atoms with Crippen molar-refractivity contribution in [1.82, 2.24) is 9.97 Å². The van der Waals surface area contributed by atoms with E-state index in [4.69, 9.17) is 9.47 Å². The standard InChI is InChI=1S/C11H15N3O3/c1-2-16-11-12-6-8(7-13-11)14-10(15)9-4-3-5-17-9/h6-7,9H,2-5H2,1H3,(H,14,15). The van der Waals surface area contributed by atoms with E-state index in [0.29, 0.717) is 24.9 Å². The number of amides is 1. The molecule has 6 nitrogen and oxygen atoms in total. The van der Waals surface area contributed by atoms with Gasteiger partial charge < -0.3 is 14.8 Å². The highest BCUT2D eigenvalue weighted by atomic mass is 16.5. The van der Waals surface area contributed by atoms with E-state index in [2.05, 4.69) is 15.3 Å². The predicted molar refractivity (Wildman–Crippen MR) is 60.8 cm³/mol. The highest BCUT2D eigenvalue weighted by Crippen LogP contribution is 2.14. The number of nitrogens with one attached hydrogen (secondary N) is 1. The number of carbonyl (C=O) groups is 1. The average molecular weight is 237 g/mol. The third-order valence-electron chi connectivity index (χ3n) is 2.39. The first-order valence-corrected chi connectivity index (χ1v) is 5.67. The number of hydrogen-bond donors (Lipinski definition) is 1. The van der Waals surface area contributed by atoms with Crippen molar-refractivity contribution in [2.45, 2.75) is 25.9 Å². The molecule has 0 saturated carbocycles. The van der Waals surface area contributed by atoms with Gasteiger partial charge in [-0.3, -0.25) is 4.79 Å². The maximum absolute atomic E-state index is 11.7. The molecule has 6 heteroatoms. The monoisotopic (exact) mass is 237 g/mol. The lowest BCUT2D eigenvalue weighted by Gasteiger charge is -2.09. The lowest BCUT2D eigenvalue weighted by atomic mass is 10.2. The lowest BCUT2D eigenvalue weighted by Crippen LogP contribution is -2.26. The van der Waals surface area contributed by atoms with Gasteiger partial charge >= 0.3 is 6.01 Å². The van der Waals surface area contributed by atoms with E-state index >= 15 is 0 Å². The van der Waals surface area contributed by atoms with Crippen molar-refractivity contribution in [3.8, 4) is 6.01 Å². The number of hydrogen-bond acceptors (Lipinski definition) is 5. The van der Waals surface area contributed by atoms with Gasteiger partial charge in [0.15, 0.2) is 0 Å². The quantitative estimate of drug-likeness (QED) is 0.845. The molecule has 1 fully saturated rings. The Morgan fingerprint density at radius 1 is 1.59 bits per heavy atom. The first-order chi connectivity index (χ1) is 8.29. The maximum atomic E-state index is 11.7. The van der Waals surface area contributed by atoms with Crippen molar-refractivity contribution >= 4 is 11.6 Å². The van der Waals surface area contributed by atoms with Crippen LogP contribution < -0.4 is 10.1 Å². The summed E-state index contributed by atoms with van der Waals surface area (Å²) in [6.07, 6.45) is 4.39. The molecule has 1 aliphatic rings. The summed E-state index contributed by atoms with van der Waals surface area (Å²) in [6.45, 7) is 3.02.